The van der Waals surface area contributed by atoms with E-state index in [1.165, 1.54) is 6.07 Å². The average Bonchev–Trinajstić information content (AvgIpc) is 2.33. The van der Waals surface area contributed by atoms with Crippen molar-refractivity contribution in [2.45, 2.75) is 33.2 Å². The Labute approximate surface area is 102 Å². The molecule has 17 heavy (non-hydrogen) atoms. The van der Waals surface area contributed by atoms with Crippen LogP contribution in [0.1, 0.15) is 37.6 Å². The number of hydrogen-bond acceptors (Lipinski definition) is 3. The topological polar surface area (TPSA) is 66.6 Å². The Morgan fingerprint density at radius 1 is 1.47 bits per heavy atom. The molecule has 0 saturated heterocycles. The van der Waals surface area contributed by atoms with Crippen LogP contribution in [0.5, 0.6) is 5.75 Å². The first-order valence-electron chi connectivity index (χ1n) is 5.90. The Balaban J connectivity index is 2.98. The lowest BCUT2D eigenvalue weighted by molar-refractivity contribution is 0.0699. The number of aromatic hydroxyl groups is 1. The van der Waals surface area contributed by atoms with Gasteiger partial charge < -0.3 is 15.7 Å². The van der Waals surface area contributed by atoms with Crippen molar-refractivity contribution in [2.75, 3.05) is 12.3 Å². The van der Waals surface area contributed by atoms with Crippen LogP contribution in [0.15, 0.2) is 18.2 Å². The van der Waals surface area contributed by atoms with Crippen molar-refractivity contribution in [2.24, 2.45) is 0 Å². The summed E-state index contributed by atoms with van der Waals surface area (Å²) in [5.74, 6) is -0.117. The number of nitrogens with two attached hydrogens (primary N) is 1. The molecule has 1 amide bonds. The molecule has 0 aliphatic rings. The van der Waals surface area contributed by atoms with Gasteiger partial charge in [-0.1, -0.05) is 6.92 Å². The molecule has 1 unspecified atom stereocenters. The van der Waals surface area contributed by atoms with Gasteiger partial charge in [0.15, 0.2) is 0 Å². The van der Waals surface area contributed by atoms with Crippen molar-refractivity contribution in [1.29, 1.82) is 0 Å². The quantitative estimate of drug-likeness (QED) is 0.622. The third-order valence-electron chi connectivity index (χ3n) is 3.00. The molecule has 0 aromatic heterocycles. The number of phenolic OH excluding ortho intramolecular Hbond substituents is 1. The van der Waals surface area contributed by atoms with Gasteiger partial charge in [-0.25, -0.2) is 0 Å². The number of carbonyl (C=O) groups excluding carboxylic acids is 1. The van der Waals surface area contributed by atoms with Crippen LogP contribution in [0.3, 0.4) is 0 Å². The van der Waals surface area contributed by atoms with E-state index in [4.69, 9.17) is 5.73 Å². The number of carbonyl (C=O) groups is 1. The monoisotopic (exact) mass is 236 g/mol. The molecule has 0 radical (unpaired) electrons. The lowest BCUT2D eigenvalue weighted by atomic mass is 10.1. The van der Waals surface area contributed by atoms with Gasteiger partial charge in [0.05, 0.1) is 5.69 Å². The van der Waals surface area contributed by atoms with Crippen LogP contribution in [-0.4, -0.2) is 28.5 Å². The number of hydrogen-bond donors (Lipinski definition) is 2. The van der Waals surface area contributed by atoms with E-state index in [1.54, 1.807) is 17.0 Å². The van der Waals surface area contributed by atoms with E-state index in [-0.39, 0.29) is 23.4 Å². The largest absolute Gasteiger partial charge is 0.506 e. The molecule has 94 valence electrons. The van der Waals surface area contributed by atoms with Crippen molar-refractivity contribution < 1.29 is 9.90 Å². The standard InChI is InChI=1S/C13H20N2O2/c1-4-9(3)15(5-2)13(17)10-6-7-11(14)12(16)8-10/h6-9,16H,4-5,14H2,1-3H3. The van der Waals surface area contributed by atoms with Crippen LogP contribution in [0.25, 0.3) is 0 Å². The predicted octanol–water partition coefficient (Wildman–Crippen LogP) is 2.24. The Kier molecular flexibility index (Phi) is 4.37. The highest BCUT2D eigenvalue weighted by atomic mass is 16.3. The molecule has 4 nitrogen and oxygen atoms in total. The van der Waals surface area contributed by atoms with Crippen LogP contribution in [0.2, 0.25) is 0 Å². The van der Waals surface area contributed by atoms with Gasteiger partial charge in [0.2, 0.25) is 0 Å². The molecule has 1 atom stereocenters. The minimum Gasteiger partial charge on any atom is -0.506 e. The first-order valence-corrected chi connectivity index (χ1v) is 5.90. The zero-order valence-electron chi connectivity index (χ0n) is 10.6. The maximum Gasteiger partial charge on any atom is 0.254 e. The molecule has 0 heterocycles. The highest BCUT2D eigenvalue weighted by Gasteiger charge is 2.19. The fourth-order valence-corrected chi connectivity index (χ4v) is 1.72. The second-order valence-electron chi connectivity index (χ2n) is 4.12. The van der Waals surface area contributed by atoms with Crippen LogP contribution in [-0.2, 0) is 0 Å². The Hall–Kier alpha value is -1.71. The minimum atomic E-state index is -0.0721. The Bertz CT molecular complexity index is 404. The summed E-state index contributed by atoms with van der Waals surface area (Å²) in [7, 11) is 0. The molecule has 0 bridgehead atoms. The van der Waals surface area contributed by atoms with Gasteiger partial charge in [-0.15, -0.1) is 0 Å². The third-order valence-corrected chi connectivity index (χ3v) is 3.00. The average molecular weight is 236 g/mol. The molecule has 4 heteroatoms. The third kappa shape index (κ3) is 2.90. The smallest absolute Gasteiger partial charge is 0.254 e. The molecule has 1 aromatic rings. The van der Waals surface area contributed by atoms with E-state index in [9.17, 15) is 9.90 Å². The highest BCUT2D eigenvalue weighted by Crippen LogP contribution is 2.22. The zero-order valence-corrected chi connectivity index (χ0v) is 10.6. The normalized spacial score (nSPS) is 12.2. The van der Waals surface area contributed by atoms with Gasteiger partial charge in [-0.05, 0) is 38.5 Å². The SMILES string of the molecule is CCC(C)N(CC)C(=O)c1ccc(N)c(O)c1. The minimum absolute atomic E-state index is 0.0453. The van der Waals surface area contributed by atoms with Gasteiger partial charge in [0.25, 0.3) is 5.91 Å². The number of nitrogen functional groups attached to an aromatic ring is 1. The van der Waals surface area contributed by atoms with E-state index < -0.39 is 0 Å². The van der Waals surface area contributed by atoms with Crippen molar-refractivity contribution in [3.05, 3.63) is 23.8 Å². The number of phenols is 1. The van der Waals surface area contributed by atoms with Crippen molar-refractivity contribution in [1.82, 2.24) is 4.90 Å². The van der Waals surface area contributed by atoms with E-state index in [0.29, 0.717) is 12.1 Å². The number of amides is 1. The van der Waals surface area contributed by atoms with Crippen molar-refractivity contribution >= 4 is 11.6 Å². The predicted molar refractivity (Wildman–Crippen MR) is 69.0 cm³/mol. The summed E-state index contributed by atoms with van der Waals surface area (Å²) in [4.78, 5) is 14.0. The maximum absolute atomic E-state index is 12.2. The molecule has 0 spiro atoms. The lowest BCUT2D eigenvalue weighted by Crippen LogP contribution is -2.38. The number of nitrogens with zero attached hydrogens (tertiary/aromatic N) is 1. The lowest BCUT2D eigenvalue weighted by Gasteiger charge is -2.27. The van der Waals surface area contributed by atoms with Crippen molar-refractivity contribution in [3.8, 4) is 5.75 Å². The van der Waals surface area contributed by atoms with E-state index >= 15 is 0 Å². The molecule has 1 aromatic carbocycles. The molecule has 0 aliphatic carbocycles. The van der Waals surface area contributed by atoms with E-state index in [2.05, 4.69) is 0 Å². The molecule has 3 N–H and O–H groups in total. The number of rotatable bonds is 4. The fraction of sp³-hybridized carbons (Fsp3) is 0.462. The summed E-state index contributed by atoms with van der Waals surface area (Å²) in [6.07, 6.45) is 0.903. The second kappa shape index (κ2) is 5.57. The zero-order chi connectivity index (χ0) is 13.0. The van der Waals surface area contributed by atoms with Gasteiger partial charge in [0, 0.05) is 18.2 Å². The molecular formula is C13H20N2O2. The van der Waals surface area contributed by atoms with Crippen LogP contribution < -0.4 is 5.73 Å². The number of benzene rings is 1. The highest BCUT2D eigenvalue weighted by molar-refractivity contribution is 5.95. The Morgan fingerprint density at radius 2 is 2.12 bits per heavy atom. The maximum atomic E-state index is 12.2. The molecule has 1 rings (SSSR count). The summed E-state index contributed by atoms with van der Waals surface area (Å²) in [6, 6.07) is 4.80. The number of anilines is 1. The summed E-state index contributed by atoms with van der Waals surface area (Å²) in [6.45, 7) is 6.65. The summed E-state index contributed by atoms with van der Waals surface area (Å²) in [5.41, 5.74) is 6.27. The van der Waals surface area contributed by atoms with E-state index in [1.807, 2.05) is 20.8 Å². The first-order chi connectivity index (χ1) is 8.01. The van der Waals surface area contributed by atoms with Crippen LogP contribution >= 0.6 is 0 Å². The summed E-state index contributed by atoms with van der Waals surface area (Å²) >= 11 is 0. The van der Waals surface area contributed by atoms with Gasteiger partial charge in [-0.3, -0.25) is 4.79 Å². The van der Waals surface area contributed by atoms with Gasteiger partial charge in [0.1, 0.15) is 5.75 Å². The molecule has 0 fully saturated rings. The molecular weight excluding hydrogens is 216 g/mol. The van der Waals surface area contributed by atoms with Crippen LogP contribution in [0.4, 0.5) is 5.69 Å². The van der Waals surface area contributed by atoms with Gasteiger partial charge >= 0.3 is 0 Å². The van der Waals surface area contributed by atoms with E-state index in [0.717, 1.165) is 6.42 Å². The first kappa shape index (κ1) is 13.4. The van der Waals surface area contributed by atoms with Crippen molar-refractivity contribution in [3.63, 3.8) is 0 Å². The fourth-order valence-electron chi connectivity index (χ4n) is 1.72. The van der Waals surface area contributed by atoms with Crippen LogP contribution in [0, 0.1) is 0 Å². The van der Waals surface area contributed by atoms with Gasteiger partial charge in [-0.2, -0.15) is 0 Å². The Morgan fingerprint density at radius 3 is 2.59 bits per heavy atom. The molecule has 0 aliphatic heterocycles. The second-order valence-corrected chi connectivity index (χ2v) is 4.12. The summed E-state index contributed by atoms with van der Waals surface area (Å²) in [5, 5.41) is 9.50. The molecule has 0 saturated carbocycles. The summed E-state index contributed by atoms with van der Waals surface area (Å²) < 4.78 is 0.